The van der Waals surface area contributed by atoms with Crippen molar-refractivity contribution in [1.82, 2.24) is 4.90 Å². The molecular weight excluding hydrogens is 334 g/mol. The summed E-state index contributed by atoms with van der Waals surface area (Å²) < 4.78 is 0. The number of benzene rings is 1. The maximum atomic E-state index is 11.9. The van der Waals surface area contributed by atoms with Crippen molar-refractivity contribution in [1.29, 1.82) is 0 Å². The first-order valence-corrected chi connectivity index (χ1v) is 8.30. The Hall–Kier alpha value is -3.09. The zero-order chi connectivity index (χ0) is 19.4. The SMILES string of the molecule is C=CC(CC)Nc1c(Nc2cccc(CC(=O)N(C)C)c2O)c(=O)c1=O. The summed E-state index contributed by atoms with van der Waals surface area (Å²) in [6, 6.07) is 4.73. The molecule has 0 bridgehead atoms. The van der Waals surface area contributed by atoms with Crippen LogP contribution in [-0.4, -0.2) is 36.1 Å². The van der Waals surface area contributed by atoms with E-state index in [0.29, 0.717) is 12.0 Å². The van der Waals surface area contributed by atoms with E-state index < -0.39 is 10.9 Å². The Kier molecular flexibility index (Phi) is 5.82. The molecule has 0 aliphatic heterocycles. The Morgan fingerprint density at radius 2 is 1.92 bits per heavy atom. The monoisotopic (exact) mass is 357 g/mol. The van der Waals surface area contributed by atoms with Gasteiger partial charge in [-0.2, -0.15) is 0 Å². The number of para-hydroxylation sites is 1. The van der Waals surface area contributed by atoms with Crippen molar-refractivity contribution in [2.45, 2.75) is 25.8 Å². The number of nitrogens with zero attached hydrogens (tertiary/aromatic N) is 1. The number of amides is 1. The fourth-order valence-electron chi connectivity index (χ4n) is 2.45. The molecule has 0 saturated carbocycles. The number of rotatable bonds is 8. The lowest BCUT2D eigenvalue weighted by molar-refractivity contribution is -0.127. The highest BCUT2D eigenvalue weighted by molar-refractivity contribution is 5.83. The fourth-order valence-corrected chi connectivity index (χ4v) is 2.45. The second-order valence-corrected chi connectivity index (χ2v) is 6.21. The molecule has 2 rings (SSSR count). The molecule has 0 aliphatic carbocycles. The molecule has 1 amide bonds. The summed E-state index contributed by atoms with van der Waals surface area (Å²) in [6.07, 6.45) is 2.39. The molecule has 0 saturated heterocycles. The van der Waals surface area contributed by atoms with Gasteiger partial charge in [0.2, 0.25) is 5.91 Å². The zero-order valence-corrected chi connectivity index (χ0v) is 15.1. The van der Waals surface area contributed by atoms with Gasteiger partial charge in [-0.25, -0.2) is 0 Å². The Bertz CT molecular complexity index is 895. The van der Waals surface area contributed by atoms with Gasteiger partial charge in [-0.15, -0.1) is 6.58 Å². The third-order valence-electron chi connectivity index (χ3n) is 4.18. The normalized spacial score (nSPS) is 11.8. The van der Waals surface area contributed by atoms with Crippen molar-refractivity contribution >= 4 is 23.0 Å². The van der Waals surface area contributed by atoms with Crippen LogP contribution < -0.4 is 21.5 Å². The van der Waals surface area contributed by atoms with Crippen LogP contribution >= 0.6 is 0 Å². The lowest BCUT2D eigenvalue weighted by Crippen LogP contribution is -2.38. The number of carbonyl (C=O) groups is 1. The standard InChI is InChI=1S/C19H23N3O4/c1-5-12(6-2)20-15-16(19(26)18(15)25)21-13-9-7-8-11(17(13)24)10-14(23)22(3)4/h5,7-9,12,20-21,24H,1,6,10H2,2-4H3. The van der Waals surface area contributed by atoms with Gasteiger partial charge < -0.3 is 20.6 Å². The van der Waals surface area contributed by atoms with Crippen molar-refractivity contribution in [2.75, 3.05) is 24.7 Å². The Morgan fingerprint density at radius 3 is 2.50 bits per heavy atom. The number of phenols is 1. The lowest BCUT2D eigenvalue weighted by Gasteiger charge is -2.20. The molecule has 0 aliphatic rings. The van der Waals surface area contributed by atoms with Gasteiger partial charge in [0.05, 0.1) is 12.1 Å². The summed E-state index contributed by atoms with van der Waals surface area (Å²) in [5.74, 6) is -0.289. The van der Waals surface area contributed by atoms with Gasteiger partial charge >= 0.3 is 0 Å². The topological polar surface area (TPSA) is 98.7 Å². The van der Waals surface area contributed by atoms with Gasteiger partial charge in [0, 0.05) is 25.7 Å². The highest BCUT2D eigenvalue weighted by Gasteiger charge is 2.23. The highest BCUT2D eigenvalue weighted by Crippen LogP contribution is 2.32. The molecule has 0 fully saturated rings. The van der Waals surface area contributed by atoms with E-state index in [1.54, 1.807) is 38.4 Å². The molecule has 3 N–H and O–H groups in total. The molecule has 0 radical (unpaired) electrons. The average molecular weight is 357 g/mol. The minimum absolute atomic E-state index is 0.0275. The van der Waals surface area contributed by atoms with Crippen molar-refractivity contribution in [3.05, 3.63) is 56.9 Å². The van der Waals surface area contributed by atoms with Crippen LogP contribution in [0.5, 0.6) is 5.75 Å². The largest absolute Gasteiger partial charge is 0.505 e. The maximum Gasteiger partial charge on any atom is 0.253 e. The summed E-state index contributed by atoms with van der Waals surface area (Å²) in [7, 11) is 3.26. The van der Waals surface area contributed by atoms with Crippen LogP contribution in [-0.2, 0) is 11.2 Å². The van der Waals surface area contributed by atoms with E-state index in [1.807, 2.05) is 6.92 Å². The Labute approximate surface area is 151 Å². The summed E-state index contributed by atoms with van der Waals surface area (Å²) in [5.41, 5.74) is -0.292. The summed E-state index contributed by atoms with van der Waals surface area (Å²) in [5, 5.41) is 16.2. The van der Waals surface area contributed by atoms with Crippen LogP contribution in [0.15, 0.2) is 40.4 Å². The van der Waals surface area contributed by atoms with E-state index in [9.17, 15) is 19.5 Å². The number of hydrogen-bond acceptors (Lipinski definition) is 6. The molecule has 0 aromatic heterocycles. The van der Waals surface area contributed by atoms with Crippen molar-refractivity contribution in [3.63, 3.8) is 0 Å². The summed E-state index contributed by atoms with van der Waals surface area (Å²) >= 11 is 0. The molecular formula is C19H23N3O4. The zero-order valence-electron chi connectivity index (χ0n) is 15.1. The van der Waals surface area contributed by atoms with E-state index in [0.717, 1.165) is 0 Å². The number of anilines is 3. The van der Waals surface area contributed by atoms with Crippen molar-refractivity contribution in [2.24, 2.45) is 0 Å². The van der Waals surface area contributed by atoms with Crippen LogP contribution in [0.3, 0.4) is 0 Å². The molecule has 138 valence electrons. The first-order chi connectivity index (χ1) is 12.3. The van der Waals surface area contributed by atoms with Gasteiger partial charge in [0.25, 0.3) is 10.9 Å². The molecule has 7 heteroatoms. The van der Waals surface area contributed by atoms with Crippen LogP contribution in [0.25, 0.3) is 0 Å². The third-order valence-corrected chi connectivity index (χ3v) is 4.18. The molecule has 2 aromatic carbocycles. The van der Waals surface area contributed by atoms with E-state index in [-0.39, 0.29) is 41.2 Å². The molecule has 0 heterocycles. The summed E-state index contributed by atoms with van der Waals surface area (Å²) in [6.45, 7) is 5.61. The molecule has 2 aromatic rings. The number of hydrogen-bond donors (Lipinski definition) is 3. The van der Waals surface area contributed by atoms with E-state index >= 15 is 0 Å². The molecule has 7 nitrogen and oxygen atoms in total. The number of carbonyl (C=O) groups excluding carboxylic acids is 1. The molecule has 1 atom stereocenters. The lowest BCUT2D eigenvalue weighted by atomic mass is 10.1. The number of aromatic hydroxyl groups is 1. The molecule has 1 unspecified atom stereocenters. The third kappa shape index (κ3) is 3.77. The van der Waals surface area contributed by atoms with Crippen molar-refractivity contribution < 1.29 is 9.90 Å². The summed E-state index contributed by atoms with van der Waals surface area (Å²) in [4.78, 5) is 37.1. The first-order valence-electron chi connectivity index (χ1n) is 8.30. The predicted molar refractivity (Wildman–Crippen MR) is 103 cm³/mol. The molecule has 0 spiro atoms. The van der Waals surface area contributed by atoms with E-state index in [2.05, 4.69) is 17.2 Å². The van der Waals surface area contributed by atoms with E-state index in [4.69, 9.17) is 0 Å². The minimum Gasteiger partial charge on any atom is -0.505 e. The number of nitrogens with one attached hydrogen (secondary N) is 2. The van der Waals surface area contributed by atoms with E-state index in [1.165, 1.54) is 4.90 Å². The van der Waals surface area contributed by atoms with Crippen LogP contribution in [0.1, 0.15) is 18.9 Å². The smallest absolute Gasteiger partial charge is 0.253 e. The van der Waals surface area contributed by atoms with Gasteiger partial charge in [-0.05, 0) is 12.5 Å². The van der Waals surface area contributed by atoms with Gasteiger partial charge in [0.15, 0.2) is 0 Å². The Morgan fingerprint density at radius 1 is 1.27 bits per heavy atom. The highest BCUT2D eigenvalue weighted by atomic mass is 16.3. The Balaban J connectivity index is 2.29. The average Bonchev–Trinajstić information content (AvgIpc) is 2.63. The number of phenolic OH excluding ortho intramolecular Hbond substituents is 1. The van der Waals surface area contributed by atoms with Crippen molar-refractivity contribution in [3.8, 4) is 5.75 Å². The second-order valence-electron chi connectivity index (χ2n) is 6.21. The maximum absolute atomic E-state index is 11.9. The molecule has 26 heavy (non-hydrogen) atoms. The van der Waals surface area contributed by atoms with Gasteiger partial charge in [-0.3, -0.25) is 14.4 Å². The minimum atomic E-state index is -0.652. The number of likely N-dealkylation sites (N-methyl/N-ethyl adjacent to an activating group) is 1. The fraction of sp³-hybridized carbons (Fsp3) is 0.316. The second kappa shape index (κ2) is 7.86. The van der Waals surface area contributed by atoms with Crippen LogP contribution in [0, 0.1) is 0 Å². The van der Waals surface area contributed by atoms with Crippen LogP contribution in [0.2, 0.25) is 0 Å². The van der Waals surface area contributed by atoms with Gasteiger partial charge in [-0.1, -0.05) is 25.1 Å². The van der Waals surface area contributed by atoms with Crippen LogP contribution in [0.4, 0.5) is 17.1 Å². The quantitative estimate of drug-likeness (QED) is 0.378. The van der Waals surface area contributed by atoms with Gasteiger partial charge in [0.1, 0.15) is 17.1 Å². The predicted octanol–water partition coefficient (Wildman–Crippen LogP) is 1.74. The first kappa shape index (κ1) is 19.2.